The molecule has 31 heavy (non-hydrogen) atoms. The van der Waals surface area contributed by atoms with E-state index < -0.39 is 5.54 Å². The van der Waals surface area contributed by atoms with Gasteiger partial charge in [0.1, 0.15) is 5.54 Å². The van der Waals surface area contributed by atoms with Crippen LogP contribution in [0.1, 0.15) is 32.3 Å². The van der Waals surface area contributed by atoms with Crippen molar-refractivity contribution in [2.75, 3.05) is 5.32 Å². The molecule has 0 spiro atoms. The van der Waals surface area contributed by atoms with Gasteiger partial charge in [-0.25, -0.2) is 0 Å². The van der Waals surface area contributed by atoms with E-state index in [4.69, 9.17) is 11.6 Å². The zero-order valence-electron chi connectivity index (χ0n) is 17.5. The Labute approximate surface area is 195 Å². The molecule has 2 aromatic carbocycles. The Bertz CT molecular complexity index is 1000. The Morgan fingerprint density at radius 1 is 1.26 bits per heavy atom. The molecule has 4 rings (SSSR count). The predicted molar refractivity (Wildman–Crippen MR) is 127 cm³/mol. The van der Waals surface area contributed by atoms with Gasteiger partial charge in [-0.05, 0) is 71.6 Å². The van der Waals surface area contributed by atoms with Crippen LogP contribution in [-0.4, -0.2) is 34.6 Å². The van der Waals surface area contributed by atoms with Crippen molar-refractivity contribution in [1.29, 1.82) is 0 Å². The summed E-state index contributed by atoms with van der Waals surface area (Å²) in [5, 5.41) is 16.0. The van der Waals surface area contributed by atoms with Crippen molar-refractivity contribution in [3.8, 4) is 0 Å². The maximum Gasteiger partial charge on any atom is 0.227 e. The number of nitrogens with zero attached hydrogens (tertiary/aromatic N) is 4. The largest absolute Gasteiger partial charge is 0.325 e. The van der Waals surface area contributed by atoms with Gasteiger partial charge in [0.25, 0.3) is 0 Å². The minimum atomic E-state index is -0.553. The lowest BCUT2D eigenvalue weighted by molar-refractivity contribution is -0.123. The molecule has 2 heterocycles. The first-order chi connectivity index (χ1) is 14.9. The number of anilines is 1. The van der Waals surface area contributed by atoms with Crippen molar-refractivity contribution in [2.45, 2.75) is 50.9 Å². The van der Waals surface area contributed by atoms with E-state index in [9.17, 15) is 4.79 Å². The number of hydrogen-bond acceptors (Lipinski definition) is 5. The molecule has 4 unspecified atom stereocenters. The number of likely N-dealkylation sites (tertiary alicyclic amines) is 1. The van der Waals surface area contributed by atoms with Crippen molar-refractivity contribution in [3.63, 3.8) is 0 Å². The van der Waals surface area contributed by atoms with E-state index in [1.165, 1.54) is 5.56 Å². The fraction of sp³-hybridized carbons (Fsp3) is 0.391. The maximum absolute atomic E-state index is 13.2. The van der Waals surface area contributed by atoms with Crippen LogP contribution in [0.5, 0.6) is 0 Å². The van der Waals surface area contributed by atoms with Crippen molar-refractivity contribution in [2.24, 2.45) is 21.4 Å². The molecule has 6 nitrogen and oxygen atoms in total. The zero-order valence-corrected chi connectivity index (χ0v) is 19.8. The van der Waals surface area contributed by atoms with Crippen LogP contribution in [0.25, 0.3) is 0 Å². The molecular formula is C23H25BrClN5O. The van der Waals surface area contributed by atoms with Crippen LogP contribution in [0.4, 0.5) is 5.69 Å². The quantitative estimate of drug-likeness (QED) is 0.551. The van der Waals surface area contributed by atoms with Gasteiger partial charge in [-0.3, -0.25) is 9.69 Å². The maximum atomic E-state index is 13.2. The Hall–Kier alpha value is -2.09. The monoisotopic (exact) mass is 501 g/mol. The van der Waals surface area contributed by atoms with Gasteiger partial charge in [0, 0.05) is 34.0 Å². The van der Waals surface area contributed by atoms with E-state index in [1.54, 1.807) is 18.3 Å². The number of carbonyl (C=O) groups is 1. The topological polar surface area (TPSA) is 69.4 Å². The first-order valence-corrected chi connectivity index (χ1v) is 11.5. The molecule has 2 aromatic rings. The molecule has 1 saturated heterocycles. The lowest BCUT2D eigenvalue weighted by Gasteiger charge is -2.47. The molecule has 0 bridgehead atoms. The van der Waals surface area contributed by atoms with Gasteiger partial charge < -0.3 is 5.32 Å². The second kappa shape index (κ2) is 9.18. The van der Waals surface area contributed by atoms with E-state index in [-0.39, 0.29) is 23.9 Å². The summed E-state index contributed by atoms with van der Waals surface area (Å²) >= 11 is 9.51. The van der Waals surface area contributed by atoms with E-state index in [1.807, 2.05) is 19.1 Å². The Kier molecular flexibility index (Phi) is 6.55. The highest BCUT2D eigenvalue weighted by Gasteiger charge is 2.46. The van der Waals surface area contributed by atoms with Crippen molar-refractivity contribution >= 4 is 45.3 Å². The molecule has 0 aromatic heterocycles. The van der Waals surface area contributed by atoms with Gasteiger partial charge in [-0.1, -0.05) is 41.9 Å². The van der Waals surface area contributed by atoms with E-state index in [0.29, 0.717) is 11.4 Å². The third-order valence-corrected chi connectivity index (χ3v) is 7.06. The molecule has 1 amide bonds. The van der Waals surface area contributed by atoms with Crippen molar-refractivity contribution in [1.82, 2.24) is 4.90 Å². The van der Waals surface area contributed by atoms with Crippen LogP contribution in [-0.2, 0) is 11.3 Å². The lowest BCUT2D eigenvalue weighted by atomic mass is 9.78. The van der Waals surface area contributed by atoms with Crippen LogP contribution in [0.2, 0.25) is 5.02 Å². The minimum absolute atomic E-state index is 0.00899. The molecule has 0 aliphatic carbocycles. The molecule has 8 heteroatoms. The molecule has 4 atom stereocenters. The average Bonchev–Trinajstić information content (AvgIpc) is 3.19. The molecule has 162 valence electrons. The van der Waals surface area contributed by atoms with Gasteiger partial charge in [0.2, 0.25) is 5.91 Å². The number of halogens is 2. The average molecular weight is 503 g/mol. The molecule has 1 N–H and O–H groups in total. The molecule has 0 saturated carbocycles. The highest BCUT2D eigenvalue weighted by molar-refractivity contribution is 9.10. The second-order valence-corrected chi connectivity index (χ2v) is 9.76. The SMILES string of the molecule is CC1CC(C(=O)Nc2ccc(Cl)cc2Br)CC(C2(C)C=NN=N2)N1Cc1ccccc1. The summed E-state index contributed by atoms with van der Waals surface area (Å²) in [5.41, 5.74) is 1.41. The van der Waals surface area contributed by atoms with E-state index in [2.05, 4.69) is 72.8 Å². The van der Waals surface area contributed by atoms with Crippen LogP contribution in [0, 0.1) is 5.92 Å². The van der Waals surface area contributed by atoms with Gasteiger partial charge in [-0.2, -0.15) is 5.11 Å². The molecule has 1 fully saturated rings. The summed E-state index contributed by atoms with van der Waals surface area (Å²) < 4.78 is 0.767. The van der Waals surface area contributed by atoms with E-state index in [0.717, 1.165) is 23.1 Å². The number of hydrogen-bond donors (Lipinski definition) is 1. The number of piperidine rings is 1. The Morgan fingerprint density at radius 2 is 2.03 bits per heavy atom. The van der Waals surface area contributed by atoms with Gasteiger partial charge in [0.15, 0.2) is 0 Å². The lowest BCUT2D eigenvalue weighted by Crippen LogP contribution is -2.58. The van der Waals surface area contributed by atoms with Crippen LogP contribution in [0.15, 0.2) is 68.4 Å². The molecule has 0 radical (unpaired) electrons. The summed E-state index contributed by atoms with van der Waals surface area (Å²) in [7, 11) is 0. The number of amides is 1. The normalized spacial score (nSPS) is 28.1. The summed E-state index contributed by atoms with van der Waals surface area (Å²) in [5.74, 6) is -0.134. The smallest absolute Gasteiger partial charge is 0.227 e. The third-order valence-electron chi connectivity index (χ3n) is 6.17. The fourth-order valence-electron chi connectivity index (χ4n) is 4.47. The third kappa shape index (κ3) is 4.89. The molecule has 2 aliphatic heterocycles. The Balaban J connectivity index is 1.56. The molecular weight excluding hydrogens is 478 g/mol. The Morgan fingerprint density at radius 3 is 2.71 bits per heavy atom. The minimum Gasteiger partial charge on any atom is -0.325 e. The highest BCUT2D eigenvalue weighted by Crippen LogP contribution is 2.38. The summed E-state index contributed by atoms with van der Waals surface area (Å²) in [4.78, 5) is 15.6. The van der Waals surface area contributed by atoms with Crippen LogP contribution in [0.3, 0.4) is 0 Å². The summed E-state index contributed by atoms with van der Waals surface area (Å²) in [6.45, 7) is 5.02. The standard InChI is InChI=1S/C23H25BrClN5O/c1-15-10-17(22(31)27-20-9-8-18(25)12-19(20)24)11-21(23(2)14-26-29-28-23)30(15)13-16-6-4-3-5-7-16/h3-9,12,14-15,17,21H,10-11,13H2,1-2H3,(H,27,31). The van der Waals surface area contributed by atoms with Crippen molar-refractivity contribution in [3.05, 3.63) is 63.6 Å². The highest BCUT2D eigenvalue weighted by atomic mass is 79.9. The number of carbonyl (C=O) groups excluding carboxylic acids is 1. The molecule has 2 aliphatic rings. The number of nitrogens with one attached hydrogen (secondary N) is 1. The predicted octanol–water partition coefficient (Wildman–Crippen LogP) is 5.92. The van der Waals surface area contributed by atoms with Gasteiger partial charge in [-0.15, -0.1) is 5.10 Å². The second-order valence-electron chi connectivity index (χ2n) is 8.46. The van der Waals surface area contributed by atoms with Crippen LogP contribution >= 0.6 is 27.5 Å². The summed E-state index contributed by atoms with van der Waals surface area (Å²) in [6, 6.07) is 16.0. The van der Waals surface area contributed by atoms with Gasteiger partial charge in [0.05, 0.1) is 11.9 Å². The number of benzene rings is 2. The van der Waals surface area contributed by atoms with Crippen molar-refractivity contribution < 1.29 is 4.79 Å². The summed E-state index contributed by atoms with van der Waals surface area (Å²) in [6.07, 6.45) is 3.25. The number of rotatable bonds is 5. The van der Waals surface area contributed by atoms with Gasteiger partial charge >= 0.3 is 0 Å². The fourth-order valence-corrected chi connectivity index (χ4v) is 5.25. The first kappa shape index (κ1) is 22.1. The van der Waals surface area contributed by atoms with Crippen LogP contribution < -0.4 is 5.32 Å². The first-order valence-electron chi connectivity index (χ1n) is 10.4. The zero-order chi connectivity index (χ0) is 22.0. The van der Waals surface area contributed by atoms with E-state index >= 15 is 0 Å².